The van der Waals surface area contributed by atoms with Crippen LogP contribution in [0.3, 0.4) is 0 Å². The zero-order valence-corrected chi connectivity index (χ0v) is 18.7. The predicted molar refractivity (Wildman–Crippen MR) is 125 cm³/mol. The van der Waals surface area contributed by atoms with Gasteiger partial charge in [-0.25, -0.2) is 0 Å². The summed E-state index contributed by atoms with van der Waals surface area (Å²) in [6.07, 6.45) is 1.74. The van der Waals surface area contributed by atoms with Gasteiger partial charge in [0.05, 0.1) is 11.4 Å². The number of hydrogen-bond donors (Lipinski definition) is 0. The summed E-state index contributed by atoms with van der Waals surface area (Å²) in [6, 6.07) is 22.7. The molecule has 1 aliphatic rings. The molecule has 3 aromatic carbocycles. The molecule has 150 valence electrons. The van der Waals surface area contributed by atoms with Crippen molar-refractivity contribution in [3.8, 4) is 0 Å². The van der Waals surface area contributed by atoms with Crippen LogP contribution in [0, 0.1) is 0 Å². The van der Waals surface area contributed by atoms with Gasteiger partial charge in [-0.1, -0.05) is 65.3 Å². The Balaban J connectivity index is 1.46. The average Bonchev–Trinajstić information content (AvgIpc) is 3.00. The quantitative estimate of drug-likeness (QED) is 0.363. The van der Waals surface area contributed by atoms with E-state index in [0.29, 0.717) is 15.0 Å². The first kappa shape index (κ1) is 21.1. The Bertz CT molecular complexity index is 1130. The molecular formula is C23H15Cl2NO2S2. The second kappa shape index (κ2) is 9.31. The highest BCUT2D eigenvalue weighted by molar-refractivity contribution is 8.18. The molecule has 1 aliphatic heterocycles. The summed E-state index contributed by atoms with van der Waals surface area (Å²) >= 11 is 14.7. The van der Waals surface area contributed by atoms with Gasteiger partial charge in [0.2, 0.25) is 0 Å². The van der Waals surface area contributed by atoms with Crippen molar-refractivity contribution in [2.45, 2.75) is 16.3 Å². The Kier molecular flexibility index (Phi) is 6.54. The second-order valence-electron chi connectivity index (χ2n) is 6.48. The van der Waals surface area contributed by atoms with Gasteiger partial charge in [0, 0.05) is 19.8 Å². The van der Waals surface area contributed by atoms with Crippen molar-refractivity contribution < 1.29 is 9.59 Å². The number of benzene rings is 3. The third-order valence-electron chi connectivity index (χ3n) is 4.39. The summed E-state index contributed by atoms with van der Waals surface area (Å²) in [5.41, 5.74) is 1.60. The maximum absolute atomic E-state index is 12.7. The van der Waals surface area contributed by atoms with E-state index in [2.05, 4.69) is 0 Å². The number of carbonyl (C=O) groups is 2. The summed E-state index contributed by atoms with van der Waals surface area (Å²) in [4.78, 5) is 28.9. The van der Waals surface area contributed by atoms with E-state index in [1.807, 2.05) is 66.7 Å². The molecule has 0 atom stereocenters. The van der Waals surface area contributed by atoms with Crippen LogP contribution in [0.25, 0.3) is 6.08 Å². The van der Waals surface area contributed by atoms with Gasteiger partial charge in [-0.05, 0) is 71.4 Å². The lowest BCUT2D eigenvalue weighted by Gasteiger charge is -2.13. The first-order valence-corrected chi connectivity index (χ1v) is 11.4. The van der Waals surface area contributed by atoms with Crippen molar-refractivity contribution in [3.63, 3.8) is 0 Å². The van der Waals surface area contributed by atoms with Gasteiger partial charge in [-0.15, -0.1) is 0 Å². The Labute approximate surface area is 193 Å². The smallest absolute Gasteiger partial charge is 0.268 e. The third-order valence-corrected chi connectivity index (χ3v) is 6.93. The highest BCUT2D eigenvalue weighted by atomic mass is 35.5. The normalized spacial score (nSPS) is 15.3. The van der Waals surface area contributed by atoms with Gasteiger partial charge in [-0.2, -0.15) is 0 Å². The van der Waals surface area contributed by atoms with E-state index < -0.39 is 0 Å². The van der Waals surface area contributed by atoms with E-state index in [1.165, 1.54) is 4.90 Å². The van der Waals surface area contributed by atoms with E-state index in [-0.39, 0.29) is 17.7 Å². The number of carbonyl (C=O) groups excluding carboxylic acids is 2. The fraction of sp³-hybridized carbons (Fsp3) is 0.0435. The van der Waals surface area contributed by atoms with Crippen molar-refractivity contribution in [2.75, 3.05) is 0 Å². The van der Waals surface area contributed by atoms with E-state index in [1.54, 1.807) is 23.9 Å². The molecule has 0 unspecified atom stereocenters. The molecule has 1 fully saturated rings. The Morgan fingerprint density at radius 3 is 2.17 bits per heavy atom. The zero-order chi connectivity index (χ0) is 21.1. The Morgan fingerprint density at radius 2 is 1.50 bits per heavy atom. The number of rotatable bonds is 5. The van der Waals surface area contributed by atoms with Gasteiger partial charge in [0.1, 0.15) is 0 Å². The van der Waals surface area contributed by atoms with Crippen LogP contribution in [-0.4, -0.2) is 16.0 Å². The Hall–Kier alpha value is -2.18. The maximum atomic E-state index is 12.7. The molecule has 3 nitrogen and oxygen atoms in total. The van der Waals surface area contributed by atoms with Gasteiger partial charge in [-0.3, -0.25) is 14.5 Å². The minimum absolute atomic E-state index is 0.165. The van der Waals surface area contributed by atoms with Gasteiger partial charge < -0.3 is 0 Å². The first-order valence-electron chi connectivity index (χ1n) is 9.02. The highest BCUT2D eigenvalue weighted by Gasteiger charge is 2.35. The summed E-state index contributed by atoms with van der Waals surface area (Å²) in [5.74, 6) is -0.301. The lowest BCUT2D eigenvalue weighted by atomic mass is 10.2. The average molecular weight is 472 g/mol. The number of imide groups is 1. The fourth-order valence-electron chi connectivity index (χ4n) is 2.86. The van der Waals surface area contributed by atoms with Crippen molar-refractivity contribution >= 4 is 63.9 Å². The molecule has 0 spiro atoms. The van der Waals surface area contributed by atoms with E-state index in [4.69, 9.17) is 23.2 Å². The van der Waals surface area contributed by atoms with Crippen LogP contribution >= 0.6 is 46.7 Å². The second-order valence-corrected chi connectivity index (χ2v) is 9.47. The monoisotopic (exact) mass is 471 g/mol. The van der Waals surface area contributed by atoms with Crippen LogP contribution in [0.2, 0.25) is 10.0 Å². The van der Waals surface area contributed by atoms with Crippen molar-refractivity contribution in [3.05, 3.63) is 98.9 Å². The third kappa shape index (κ3) is 4.93. The number of thioether (sulfide) groups is 1. The molecule has 2 amide bonds. The predicted octanol–water partition coefficient (Wildman–Crippen LogP) is 7.38. The minimum atomic E-state index is -0.301. The standard InChI is InChI=1S/C23H15Cl2NO2S2/c24-17-7-11-19(12-8-17)29-18-9-5-15(6-10-18)13-21-22(27)26(23(28)30-21)14-16-3-1-2-4-20(16)25/h1-13H,14H2/b21-13-. The van der Waals surface area contributed by atoms with Crippen LogP contribution in [0.1, 0.15) is 11.1 Å². The number of hydrogen-bond acceptors (Lipinski definition) is 4. The number of amides is 2. The Morgan fingerprint density at radius 1 is 0.867 bits per heavy atom. The van der Waals surface area contributed by atoms with Crippen LogP contribution in [-0.2, 0) is 11.3 Å². The highest BCUT2D eigenvalue weighted by Crippen LogP contribution is 2.35. The van der Waals surface area contributed by atoms with E-state index in [9.17, 15) is 9.59 Å². The van der Waals surface area contributed by atoms with Gasteiger partial charge in [0.25, 0.3) is 11.1 Å². The molecule has 0 saturated carbocycles. The molecule has 0 N–H and O–H groups in total. The molecule has 0 aromatic heterocycles. The molecule has 30 heavy (non-hydrogen) atoms. The zero-order valence-electron chi connectivity index (χ0n) is 15.5. The summed E-state index contributed by atoms with van der Waals surface area (Å²) in [6.45, 7) is 0.165. The molecule has 4 rings (SSSR count). The number of halogens is 2. The molecule has 0 bridgehead atoms. The van der Waals surface area contributed by atoms with Crippen molar-refractivity contribution in [1.82, 2.24) is 4.90 Å². The van der Waals surface area contributed by atoms with Gasteiger partial charge >= 0.3 is 0 Å². The minimum Gasteiger partial charge on any atom is -0.268 e. The van der Waals surface area contributed by atoms with Crippen LogP contribution in [0.4, 0.5) is 4.79 Å². The topological polar surface area (TPSA) is 37.4 Å². The first-order chi connectivity index (χ1) is 14.5. The van der Waals surface area contributed by atoms with E-state index >= 15 is 0 Å². The van der Waals surface area contributed by atoms with Crippen LogP contribution in [0.15, 0.2) is 87.5 Å². The summed E-state index contributed by atoms with van der Waals surface area (Å²) in [5, 5.41) is 0.952. The maximum Gasteiger partial charge on any atom is 0.293 e. The van der Waals surface area contributed by atoms with Crippen molar-refractivity contribution in [2.24, 2.45) is 0 Å². The lowest BCUT2D eigenvalue weighted by molar-refractivity contribution is -0.123. The fourth-order valence-corrected chi connectivity index (χ4v) is 4.83. The summed E-state index contributed by atoms with van der Waals surface area (Å²) < 4.78 is 0. The molecule has 7 heteroatoms. The summed E-state index contributed by atoms with van der Waals surface area (Å²) in [7, 11) is 0. The molecule has 1 saturated heterocycles. The molecule has 1 heterocycles. The van der Waals surface area contributed by atoms with Crippen LogP contribution in [0.5, 0.6) is 0 Å². The molecule has 0 aliphatic carbocycles. The van der Waals surface area contributed by atoms with Gasteiger partial charge in [0.15, 0.2) is 0 Å². The molecular weight excluding hydrogens is 457 g/mol. The van der Waals surface area contributed by atoms with Crippen molar-refractivity contribution in [1.29, 1.82) is 0 Å². The molecule has 0 radical (unpaired) electrons. The van der Waals surface area contributed by atoms with E-state index in [0.717, 1.165) is 32.7 Å². The van der Waals surface area contributed by atoms with Crippen LogP contribution < -0.4 is 0 Å². The molecule has 3 aromatic rings. The number of nitrogens with zero attached hydrogens (tertiary/aromatic N) is 1. The lowest BCUT2D eigenvalue weighted by Crippen LogP contribution is -2.27. The largest absolute Gasteiger partial charge is 0.293 e. The SMILES string of the molecule is O=C1S/C(=C\c2ccc(Sc3ccc(Cl)cc3)cc2)C(=O)N1Cc1ccccc1Cl.